The van der Waals surface area contributed by atoms with Crippen LogP contribution in [0, 0.1) is 0 Å². The number of rotatable bonds is 4. The Kier molecular flexibility index (Phi) is 4.54. The highest BCUT2D eigenvalue weighted by Crippen LogP contribution is 2.19. The van der Waals surface area contributed by atoms with Crippen molar-refractivity contribution in [3.63, 3.8) is 0 Å². The first-order valence-electron chi connectivity index (χ1n) is 7.40. The van der Waals surface area contributed by atoms with E-state index in [0.717, 1.165) is 16.5 Å². The molecule has 0 spiro atoms. The number of H-pyrrole nitrogens is 1. The lowest BCUT2D eigenvalue weighted by Gasteiger charge is -2.25. The number of carbonyl (C=O) groups excluding carboxylic acids is 2. The Morgan fingerprint density at radius 2 is 1.91 bits per heavy atom. The molecule has 1 aromatic carbocycles. The van der Waals surface area contributed by atoms with Gasteiger partial charge in [-0.25, -0.2) is 0 Å². The van der Waals surface area contributed by atoms with Gasteiger partial charge in [0.2, 0.25) is 11.8 Å². The Hall–Kier alpha value is -2.30. The van der Waals surface area contributed by atoms with Gasteiger partial charge < -0.3 is 15.6 Å². The highest BCUT2D eigenvalue weighted by molar-refractivity contribution is 5.89. The second kappa shape index (κ2) is 6.22. The maximum atomic E-state index is 12.4. The summed E-state index contributed by atoms with van der Waals surface area (Å²) >= 11 is 0. The molecule has 0 aliphatic carbocycles. The number of carbonyl (C=O) groups is 2. The summed E-state index contributed by atoms with van der Waals surface area (Å²) in [6.07, 6.45) is 2.34. The Balaban J connectivity index is 2.22. The summed E-state index contributed by atoms with van der Waals surface area (Å²) < 4.78 is 0. The third-order valence-corrected chi connectivity index (χ3v) is 3.29. The molecule has 0 bridgehead atoms. The van der Waals surface area contributed by atoms with E-state index in [1.54, 1.807) is 0 Å². The van der Waals surface area contributed by atoms with E-state index >= 15 is 0 Å². The number of fused-ring (bicyclic) bond motifs is 1. The van der Waals surface area contributed by atoms with Crippen molar-refractivity contribution >= 4 is 22.7 Å². The zero-order valence-corrected chi connectivity index (χ0v) is 13.5. The van der Waals surface area contributed by atoms with Gasteiger partial charge in [0.05, 0.1) is 0 Å². The first-order valence-corrected chi connectivity index (χ1v) is 7.40. The van der Waals surface area contributed by atoms with Crippen LogP contribution in [0.1, 0.15) is 33.3 Å². The first-order chi connectivity index (χ1) is 10.3. The smallest absolute Gasteiger partial charge is 0.243 e. The van der Waals surface area contributed by atoms with Crippen molar-refractivity contribution < 1.29 is 9.59 Å². The molecule has 2 aromatic rings. The SMILES string of the molecule is CC(=O)N[C@@H](Cc1c[nH]c2ccccc12)C(=O)NC(C)(C)C. The number of aromatic amines is 1. The normalized spacial score (nSPS) is 12.9. The van der Waals surface area contributed by atoms with Crippen LogP contribution in [0.2, 0.25) is 0 Å². The van der Waals surface area contributed by atoms with Gasteiger partial charge in [0.1, 0.15) is 6.04 Å². The molecule has 1 heterocycles. The van der Waals surface area contributed by atoms with E-state index in [9.17, 15) is 9.59 Å². The van der Waals surface area contributed by atoms with Crippen molar-refractivity contribution in [3.05, 3.63) is 36.0 Å². The first kappa shape index (κ1) is 16.1. The van der Waals surface area contributed by atoms with E-state index < -0.39 is 6.04 Å². The van der Waals surface area contributed by atoms with Crippen LogP contribution in [-0.2, 0) is 16.0 Å². The Morgan fingerprint density at radius 1 is 1.23 bits per heavy atom. The van der Waals surface area contributed by atoms with Crippen LogP contribution < -0.4 is 10.6 Å². The molecule has 5 heteroatoms. The van der Waals surface area contributed by atoms with Crippen molar-refractivity contribution in [3.8, 4) is 0 Å². The van der Waals surface area contributed by atoms with Gasteiger partial charge in [-0.3, -0.25) is 9.59 Å². The summed E-state index contributed by atoms with van der Waals surface area (Å²) in [5, 5.41) is 6.73. The fraction of sp³-hybridized carbons (Fsp3) is 0.412. The number of para-hydroxylation sites is 1. The molecule has 22 heavy (non-hydrogen) atoms. The topological polar surface area (TPSA) is 74.0 Å². The summed E-state index contributed by atoms with van der Waals surface area (Å²) in [5.74, 6) is -0.387. The summed E-state index contributed by atoms with van der Waals surface area (Å²) in [6.45, 7) is 7.18. The molecule has 0 aliphatic rings. The molecule has 2 rings (SSSR count). The molecule has 3 N–H and O–H groups in total. The monoisotopic (exact) mass is 301 g/mol. The minimum Gasteiger partial charge on any atom is -0.361 e. The summed E-state index contributed by atoms with van der Waals surface area (Å²) in [6, 6.07) is 7.33. The molecule has 5 nitrogen and oxygen atoms in total. The fourth-order valence-corrected chi connectivity index (χ4v) is 2.43. The summed E-state index contributed by atoms with van der Waals surface area (Å²) in [7, 11) is 0. The van der Waals surface area contributed by atoms with Gasteiger partial charge in [-0.2, -0.15) is 0 Å². The summed E-state index contributed by atoms with van der Waals surface area (Å²) in [4.78, 5) is 27.0. The Labute approximate surface area is 130 Å². The minimum absolute atomic E-state index is 0.173. The van der Waals surface area contributed by atoms with Crippen LogP contribution in [0.5, 0.6) is 0 Å². The number of aromatic nitrogens is 1. The van der Waals surface area contributed by atoms with Crippen molar-refractivity contribution in [1.82, 2.24) is 15.6 Å². The minimum atomic E-state index is -0.587. The molecule has 0 unspecified atom stereocenters. The lowest BCUT2D eigenvalue weighted by Crippen LogP contribution is -2.52. The maximum absolute atomic E-state index is 12.4. The molecular weight excluding hydrogens is 278 g/mol. The molecule has 0 saturated heterocycles. The van der Waals surface area contributed by atoms with E-state index in [1.807, 2.05) is 51.2 Å². The molecule has 0 aliphatic heterocycles. The molecular formula is C17H23N3O2. The molecule has 0 radical (unpaired) electrons. The number of benzene rings is 1. The van der Waals surface area contributed by atoms with Crippen LogP contribution in [0.4, 0.5) is 0 Å². The number of amides is 2. The van der Waals surface area contributed by atoms with E-state index in [1.165, 1.54) is 6.92 Å². The van der Waals surface area contributed by atoms with E-state index in [4.69, 9.17) is 0 Å². The average Bonchev–Trinajstić information content (AvgIpc) is 2.79. The third-order valence-electron chi connectivity index (χ3n) is 3.29. The van der Waals surface area contributed by atoms with Gasteiger partial charge in [-0.15, -0.1) is 0 Å². The predicted octanol–water partition coefficient (Wildman–Crippen LogP) is 2.13. The number of hydrogen-bond donors (Lipinski definition) is 3. The van der Waals surface area contributed by atoms with E-state index in [2.05, 4.69) is 15.6 Å². The quantitative estimate of drug-likeness (QED) is 0.809. The number of hydrogen-bond acceptors (Lipinski definition) is 2. The van der Waals surface area contributed by atoms with Crippen LogP contribution in [0.25, 0.3) is 10.9 Å². The van der Waals surface area contributed by atoms with Crippen LogP contribution >= 0.6 is 0 Å². The van der Waals surface area contributed by atoms with Crippen molar-refractivity contribution in [2.24, 2.45) is 0 Å². The third kappa shape index (κ3) is 4.10. The van der Waals surface area contributed by atoms with E-state index in [-0.39, 0.29) is 17.4 Å². The Morgan fingerprint density at radius 3 is 2.55 bits per heavy atom. The largest absolute Gasteiger partial charge is 0.361 e. The van der Waals surface area contributed by atoms with Gasteiger partial charge in [0, 0.05) is 36.0 Å². The summed E-state index contributed by atoms with van der Waals surface area (Å²) in [5.41, 5.74) is 1.70. The molecule has 0 fully saturated rings. The van der Waals surface area contributed by atoms with Crippen molar-refractivity contribution in [2.75, 3.05) is 0 Å². The zero-order valence-electron chi connectivity index (χ0n) is 13.5. The molecule has 2 amide bonds. The number of nitrogens with one attached hydrogen (secondary N) is 3. The lowest BCUT2D eigenvalue weighted by molar-refractivity contribution is -0.129. The van der Waals surface area contributed by atoms with Crippen LogP contribution in [-0.4, -0.2) is 28.4 Å². The fourth-order valence-electron chi connectivity index (χ4n) is 2.43. The average molecular weight is 301 g/mol. The van der Waals surface area contributed by atoms with Gasteiger partial charge in [-0.1, -0.05) is 18.2 Å². The second-order valence-electron chi connectivity index (χ2n) is 6.56. The van der Waals surface area contributed by atoms with Gasteiger partial charge >= 0.3 is 0 Å². The molecule has 0 saturated carbocycles. The predicted molar refractivity (Wildman–Crippen MR) is 87.5 cm³/mol. The van der Waals surface area contributed by atoms with Crippen LogP contribution in [0.15, 0.2) is 30.5 Å². The Bertz CT molecular complexity index is 683. The molecule has 1 aromatic heterocycles. The van der Waals surface area contributed by atoms with E-state index in [0.29, 0.717) is 6.42 Å². The highest BCUT2D eigenvalue weighted by Gasteiger charge is 2.24. The highest BCUT2D eigenvalue weighted by atomic mass is 16.2. The molecule has 118 valence electrons. The van der Waals surface area contributed by atoms with Crippen LogP contribution in [0.3, 0.4) is 0 Å². The second-order valence-corrected chi connectivity index (χ2v) is 6.56. The zero-order chi connectivity index (χ0) is 16.3. The van der Waals surface area contributed by atoms with Crippen molar-refractivity contribution in [1.29, 1.82) is 0 Å². The lowest BCUT2D eigenvalue weighted by atomic mass is 10.0. The maximum Gasteiger partial charge on any atom is 0.243 e. The van der Waals surface area contributed by atoms with Gasteiger partial charge in [0.15, 0.2) is 0 Å². The van der Waals surface area contributed by atoms with Crippen molar-refractivity contribution in [2.45, 2.75) is 45.7 Å². The van der Waals surface area contributed by atoms with Gasteiger partial charge in [0.25, 0.3) is 0 Å². The standard InChI is InChI=1S/C17H23N3O2/c1-11(21)19-15(16(22)20-17(2,3)4)9-12-10-18-14-8-6-5-7-13(12)14/h5-8,10,15,18H,9H2,1-4H3,(H,19,21)(H,20,22)/t15-/m0/s1. The molecule has 1 atom stereocenters. The van der Waals surface area contributed by atoms with Gasteiger partial charge in [-0.05, 0) is 32.4 Å².